The van der Waals surface area contributed by atoms with Gasteiger partial charge in [-0.15, -0.1) is 11.8 Å². The molecule has 34 heavy (non-hydrogen) atoms. The molecule has 2 N–H and O–H groups in total. The number of benzene rings is 3. The first kappa shape index (κ1) is 24.3. The van der Waals surface area contributed by atoms with Gasteiger partial charge in [0, 0.05) is 47.0 Å². The van der Waals surface area contributed by atoms with Crippen molar-refractivity contribution in [2.24, 2.45) is 0 Å². The Bertz CT molecular complexity index is 1290. The van der Waals surface area contributed by atoms with Crippen LogP contribution in [0.2, 0.25) is 0 Å². The molecule has 4 rings (SSSR count). The van der Waals surface area contributed by atoms with E-state index in [1.54, 1.807) is 42.1 Å². The maximum atomic E-state index is 14.1. The molecule has 0 spiro atoms. The van der Waals surface area contributed by atoms with Crippen molar-refractivity contribution in [3.8, 4) is 0 Å². The minimum atomic E-state index is -3.76. The molecule has 0 bridgehead atoms. The number of halogens is 1. The van der Waals surface area contributed by atoms with Crippen molar-refractivity contribution in [3.05, 3.63) is 83.7 Å². The molecule has 3 aromatic rings. The van der Waals surface area contributed by atoms with Gasteiger partial charge in [-0.2, -0.15) is 4.31 Å². The molecule has 1 saturated heterocycles. The predicted octanol–water partition coefficient (Wildman–Crippen LogP) is 5.20. The van der Waals surface area contributed by atoms with E-state index in [2.05, 4.69) is 10.6 Å². The minimum absolute atomic E-state index is 0.0379. The fraction of sp³-hybridized carbons (Fsp3) is 0.240. The van der Waals surface area contributed by atoms with E-state index in [1.807, 2.05) is 24.5 Å². The van der Waals surface area contributed by atoms with Crippen LogP contribution >= 0.6 is 11.8 Å². The summed E-state index contributed by atoms with van der Waals surface area (Å²) in [7, 11) is -3.76. The van der Waals surface area contributed by atoms with Gasteiger partial charge in [-0.25, -0.2) is 12.8 Å². The molecule has 1 amide bonds. The predicted molar refractivity (Wildman–Crippen MR) is 134 cm³/mol. The van der Waals surface area contributed by atoms with E-state index in [1.165, 1.54) is 22.5 Å². The van der Waals surface area contributed by atoms with Crippen molar-refractivity contribution < 1.29 is 17.6 Å². The standard InChI is InChI=1S/C25H26FN3O3S2/c1-33-22-9-6-8-20(15-22)28-25(30)19-13-21(27-17-18-7-2-3-10-24(18)26)16-23(14-19)34(31,32)29-11-4-5-12-29/h2-3,6-10,13-16,27H,4-5,11-12,17H2,1H3,(H,28,30). The summed E-state index contributed by atoms with van der Waals surface area (Å²) in [5.74, 6) is -0.784. The van der Waals surface area contributed by atoms with Crippen LogP contribution in [-0.4, -0.2) is 38.0 Å². The first-order valence-corrected chi connectivity index (χ1v) is 13.6. The smallest absolute Gasteiger partial charge is 0.255 e. The molecule has 0 atom stereocenters. The average molecular weight is 500 g/mol. The van der Waals surface area contributed by atoms with Gasteiger partial charge in [-0.05, 0) is 61.6 Å². The van der Waals surface area contributed by atoms with Gasteiger partial charge in [0.15, 0.2) is 0 Å². The molecule has 1 heterocycles. The zero-order valence-corrected chi connectivity index (χ0v) is 20.4. The molecule has 0 aromatic heterocycles. The van der Waals surface area contributed by atoms with Crippen molar-refractivity contribution >= 4 is 39.1 Å². The summed E-state index contributed by atoms with van der Waals surface area (Å²) in [6.45, 7) is 1.06. The van der Waals surface area contributed by atoms with Crippen LogP contribution in [0.3, 0.4) is 0 Å². The van der Waals surface area contributed by atoms with Crippen molar-refractivity contribution in [2.45, 2.75) is 29.2 Å². The average Bonchev–Trinajstić information content (AvgIpc) is 3.39. The van der Waals surface area contributed by atoms with E-state index in [0.29, 0.717) is 30.0 Å². The summed E-state index contributed by atoms with van der Waals surface area (Å²) >= 11 is 1.56. The molecule has 1 aliphatic heterocycles. The van der Waals surface area contributed by atoms with Gasteiger partial charge < -0.3 is 10.6 Å². The summed E-state index contributed by atoms with van der Waals surface area (Å²) in [6.07, 6.45) is 3.56. The van der Waals surface area contributed by atoms with E-state index >= 15 is 0 Å². The fourth-order valence-electron chi connectivity index (χ4n) is 3.80. The Hall–Kier alpha value is -2.88. The highest BCUT2D eigenvalue weighted by Crippen LogP contribution is 2.27. The molecule has 6 nitrogen and oxygen atoms in total. The van der Waals surface area contributed by atoms with Gasteiger partial charge in [0.1, 0.15) is 5.82 Å². The quantitative estimate of drug-likeness (QED) is 0.417. The zero-order chi connectivity index (χ0) is 24.1. The van der Waals surface area contributed by atoms with Crippen LogP contribution in [-0.2, 0) is 16.6 Å². The van der Waals surface area contributed by atoms with Crippen molar-refractivity contribution in [1.29, 1.82) is 0 Å². The maximum Gasteiger partial charge on any atom is 0.255 e. The van der Waals surface area contributed by atoms with Crippen LogP contribution in [0, 0.1) is 5.82 Å². The Morgan fingerprint density at radius 1 is 1.00 bits per heavy atom. The van der Waals surface area contributed by atoms with Crippen molar-refractivity contribution in [1.82, 2.24) is 4.31 Å². The zero-order valence-electron chi connectivity index (χ0n) is 18.8. The number of carbonyl (C=O) groups is 1. The van der Waals surface area contributed by atoms with E-state index in [0.717, 1.165) is 17.7 Å². The van der Waals surface area contributed by atoms with Gasteiger partial charge in [-0.1, -0.05) is 24.3 Å². The maximum absolute atomic E-state index is 14.1. The molecule has 1 aliphatic rings. The number of hydrogen-bond donors (Lipinski definition) is 2. The number of nitrogens with one attached hydrogen (secondary N) is 2. The van der Waals surface area contributed by atoms with Gasteiger partial charge >= 0.3 is 0 Å². The molecular weight excluding hydrogens is 473 g/mol. The summed E-state index contributed by atoms with van der Waals surface area (Å²) < 4.78 is 42.0. The number of amides is 1. The second kappa shape index (κ2) is 10.6. The van der Waals surface area contributed by atoms with Crippen LogP contribution in [0.25, 0.3) is 0 Å². The molecule has 0 radical (unpaired) electrons. The molecule has 9 heteroatoms. The highest BCUT2D eigenvalue weighted by molar-refractivity contribution is 7.98. The van der Waals surface area contributed by atoms with Gasteiger partial charge in [0.2, 0.25) is 10.0 Å². The Labute approximate surface area is 203 Å². The topological polar surface area (TPSA) is 78.5 Å². The number of hydrogen-bond acceptors (Lipinski definition) is 5. The third-order valence-corrected chi connectivity index (χ3v) is 8.24. The lowest BCUT2D eigenvalue weighted by Gasteiger charge is -2.18. The van der Waals surface area contributed by atoms with Gasteiger partial charge in [0.05, 0.1) is 4.90 Å². The number of rotatable bonds is 8. The van der Waals surface area contributed by atoms with Crippen molar-refractivity contribution in [3.63, 3.8) is 0 Å². The molecule has 0 unspecified atom stereocenters. The van der Waals surface area contributed by atoms with Crippen LogP contribution < -0.4 is 10.6 Å². The fourth-order valence-corrected chi connectivity index (χ4v) is 5.85. The van der Waals surface area contributed by atoms with E-state index in [-0.39, 0.29) is 22.8 Å². The second-order valence-electron chi connectivity index (χ2n) is 7.99. The first-order valence-electron chi connectivity index (χ1n) is 10.9. The van der Waals surface area contributed by atoms with E-state index in [4.69, 9.17) is 0 Å². The summed E-state index contributed by atoms with van der Waals surface area (Å²) in [4.78, 5) is 14.1. The Morgan fingerprint density at radius 2 is 1.76 bits per heavy atom. The highest BCUT2D eigenvalue weighted by Gasteiger charge is 2.28. The summed E-state index contributed by atoms with van der Waals surface area (Å²) in [5.41, 5.74) is 1.68. The molecule has 0 aliphatic carbocycles. The third-order valence-electron chi connectivity index (χ3n) is 5.64. The first-order chi connectivity index (χ1) is 16.4. The lowest BCUT2D eigenvalue weighted by Crippen LogP contribution is -2.28. The van der Waals surface area contributed by atoms with E-state index in [9.17, 15) is 17.6 Å². The lowest BCUT2D eigenvalue weighted by molar-refractivity contribution is 0.102. The minimum Gasteiger partial charge on any atom is -0.381 e. The second-order valence-corrected chi connectivity index (χ2v) is 10.8. The van der Waals surface area contributed by atoms with Crippen LogP contribution in [0.15, 0.2) is 76.5 Å². The molecular formula is C25H26FN3O3S2. The number of thioether (sulfide) groups is 1. The van der Waals surface area contributed by atoms with Crippen LogP contribution in [0.1, 0.15) is 28.8 Å². The Morgan fingerprint density at radius 3 is 2.50 bits per heavy atom. The molecule has 0 saturated carbocycles. The lowest BCUT2D eigenvalue weighted by atomic mass is 10.1. The number of carbonyl (C=O) groups excluding carboxylic acids is 1. The largest absolute Gasteiger partial charge is 0.381 e. The number of sulfonamides is 1. The SMILES string of the molecule is CSc1cccc(NC(=O)c2cc(NCc3ccccc3F)cc(S(=O)(=O)N3CCCC3)c2)c1. The third kappa shape index (κ3) is 5.60. The van der Waals surface area contributed by atoms with E-state index < -0.39 is 15.9 Å². The normalized spacial score (nSPS) is 14.2. The van der Waals surface area contributed by atoms with Crippen molar-refractivity contribution in [2.75, 3.05) is 30.0 Å². The van der Waals surface area contributed by atoms with Crippen LogP contribution in [0.4, 0.5) is 15.8 Å². The summed E-state index contributed by atoms with van der Waals surface area (Å²) in [5, 5.41) is 5.92. The summed E-state index contributed by atoms with van der Waals surface area (Å²) in [6, 6.07) is 18.3. The monoisotopic (exact) mass is 499 g/mol. The molecule has 3 aromatic carbocycles. The number of nitrogens with zero attached hydrogens (tertiary/aromatic N) is 1. The number of anilines is 2. The highest BCUT2D eigenvalue weighted by atomic mass is 32.2. The molecule has 178 valence electrons. The van der Waals surface area contributed by atoms with Gasteiger partial charge in [0.25, 0.3) is 5.91 Å². The Balaban J connectivity index is 1.65. The van der Waals surface area contributed by atoms with Crippen LogP contribution in [0.5, 0.6) is 0 Å². The Kier molecular flexibility index (Phi) is 7.55. The van der Waals surface area contributed by atoms with Gasteiger partial charge in [-0.3, -0.25) is 4.79 Å². The molecule has 1 fully saturated rings.